The Morgan fingerprint density at radius 2 is 2.00 bits per heavy atom. The lowest BCUT2D eigenvalue weighted by molar-refractivity contribution is -0.140. The number of fused-ring (bicyclic) bond motifs is 2. The first kappa shape index (κ1) is 12.9. The van der Waals surface area contributed by atoms with Gasteiger partial charge in [-0.15, -0.1) is 0 Å². The van der Waals surface area contributed by atoms with E-state index in [-0.39, 0.29) is 5.41 Å². The van der Waals surface area contributed by atoms with E-state index in [2.05, 4.69) is 32.7 Å². The number of hydrogen-bond acceptors (Lipinski definition) is 2. The molecule has 0 aromatic carbocycles. The molecule has 2 rings (SSSR count). The Balaban J connectivity index is 2.23. The average Bonchev–Trinajstić information content (AvgIpc) is 2.43. The number of nitrogens with zero attached hydrogens (tertiary/aromatic N) is 1. The number of carboxylic acid groups (broad SMARTS) is 1. The number of rotatable bonds is 2. The van der Waals surface area contributed by atoms with Crippen molar-refractivity contribution in [3.8, 4) is 0 Å². The molecule has 2 heterocycles. The van der Waals surface area contributed by atoms with Gasteiger partial charge in [-0.2, -0.15) is 0 Å². The topological polar surface area (TPSA) is 40.5 Å². The van der Waals surface area contributed by atoms with Gasteiger partial charge in [0.05, 0.1) is 0 Å². The monoisotopic (exact) mass is 239 g/mol. The molecule has 0 aliphatic carbocycles. The number of carboxylic acids is 1. The molecule has 2 fully saturated rings. The largest absolute Gasteiger partial charge is 0.481 e. The van der Waals surface area contributed by atoms with Gasteiger partial charge in [-0.1, -0.05) is 20.8 Å². The summed E-state index contributed by atoms with van der Waals surface area (Å²) in [5.74, 6) is 0.247. The van der Waals surface area contributed by atoms with E-state index in [9.17, 15) is 4.79 Å². The Morgan fingerprint density at radius 3 is 2.53 bits per heavy atom. The minimum absolute atomic E-state index is 0.203. The maximum Gasteiger partial charge on any atom is 0.303 e. The third-order valence-corrected chi connectivity index (χ3v) is 4.83. The molecular formula is C14H25NO2. The quantitative estimate of drug-likeness (QED) is 0.805. The summed E-state index contributed by atoms with van der Waals surface area (Å²) in [5, 5.41) is 9.09. The van der Waals surface area contributed by atoms with Gasteiger partial charge >= 0.3 is 5.97 Å². The molecule has 0 radical (unpaired) electrons. The van der Waals surface area contributed by atoms with Crippen LogP contribution in [0.15, 0.2) is 0 Å². The Bertz CT molecular complexity index is 308. The normalized spacial score (nSPS) is 38.4. The van der Waals surface area contributed by atoms with Crippen molar-refractivity contribution in [2.24, 2.45) is 17.3 Å². The SMILES string of the molecule is CN1C2CCC1C(C(C)(C)C)C(CC(=O)O)C2. The highest BCUT2D eigenvalue weighted by Gasteiger charge is 2.49. The number of carbonyl (C=O) groups is 1. The molecule has 0 aromatic heterocycles. The maximum absolute atomic E-state index is 11.0. The number of aliphatic carboxylic acids is 1. The van der Waals surface area contributed by atoms with Crippen LogP contribution in [0.1, 0.15) is 46.5 Å². The molecular weight excluding hydrogens is 214 g/mol. The summed E-state index contributed by atoms with van der Waals surface area (Å²) in [4.78, 5) is 13.5. The lowest BCUT2D eigenvalue weighted by atomic mass is 9.65. The van der Waals surface area contributed by atoms with Crippen LogP contribution in [-0.4, -0.2) is 35.1 Å². The molecule has 17 heavy (non-hydrogen) atoms. The molecule has 4 unspecified atom stereocenters. The molecule has 98 valence electrons. The van der Waals surface area contributed by atoms with Crippen molar-refractivity contribution < 1.29 is 9.90 Å². The first-order valence-corrected chi connectivity index (χ1v) is 6.74. The van der Waals surface area contributed by atoms with Gasteiger partial charge in [0.2, 0.25) is 0 Å². The van der Waals surface area contributed by atoms with Crippen LogP contribution < -0.4 is 0 Å². The fraction of sp³-hybridized carbons (Fsp3) is 0.929. The smallest absolute Gasteiger partial charge is 0.303 e. The van der Waals surface area contributed by atoms with E-state index in [1.165, 1.54) is 12.8 Å². The molecule has 0 aromatic rings. The highest BCUT2D eigenvalue weighted by molar-refractivity contribution is 5.67. The van der Waals surface area contributed by atoms with Crippen molar-refractivity contribution in [2.75, 3.05) is 7.05 Å². The van der Waals surface area contributed by atoms with Crippen LogP contribution in [0.25, 0.3) is 0 Å². The predicted octanol–water partition coefficient (Wildman–Crippen LogP) is 2.61. The molecule has 2 aliphatic heterocycles. The summed E-state index contributed by atoms with van der Waals surface area (Å²) in [6.45, 7) is 6.79. The van der Waals surface area contributed by atoms with Crippen LogP contribution in [0.4, 0.5) is 0 Å². The van der Waals surface area contributed by atoms with Crippen molar-refractivity contribution in [2.45, 2.75) is 58.5 Å². The van der Waals surface area contributed by atoms with Crippen LogP contribution in [0.2, 0.25) is 0 Å². The Morgan fingerprint density at radius 1 is 1.35 bits per heavy atom. The zero-order chi connectivity index (χ0) is 12.8. The lowest BCUT2D eigenvalue weighted by Gasteiger charge is -2.48. The average molecular weight is 239 g/mol. The standard InChI is InChI=1S/C14H25NO2/c1-14(2,3)13-9(8-12(16)17)7-10-5-6-11(13)15(10)4/h9-11,13H,5-8H2,1-4H3,(H,16,17). The van der Waals surface area contributed by atoms with Gasteiger partial charge in [-0.3, -0.25) is 4.79 Å². The molecule has 0 spiro atoms. The van der Waals surface area contributed by atoms with E-state index in [1.807, 2.05) is 0 Å². The minimum atomic E-state index is -0.631. The first-order valence-electron chi connectivity index (χ1n) is 6.74. The molecule has 1 N–H and O–H groups in total. The second-order valence-corrected chi connectivity index (χ2v) is 6.95. The third-order valence-electron chi connectivity index (χ3n) is 4.83. The van der Waals surface area contributed by atoms with Gasteiger partial charge < -0.3 is 10.0 Å². The second kappa shape index (κ2) is 4.27. The molecule has 0 saturated carbocycles. The van der Waals surface area contributed by atoms with Crippen LogP contribution in [0.3, 0.4) is 0 Å². The van der Waals surface area contributed by atoms with Crippen molar-refractivity contribution in [3.05, 3.63) is 0 Å². The van der Waals surface area contributed by atoms with Crippen LogP contribution >= 0.6 is 0 Å². The fourth-order valence-corrected chi connectivity index (χ4v) is 4.29. The molecule has 3 heteroatoms. The van der Waals surface area contributed by atoms with Crippen LogP contribution in [0, 0.1) is 17.3 Å². The Labute approximate surface area is 104 Å². The van der Waals surface area contributed by atoms with E-state index in [1.54, 1.807) is 0 Å². The van der Waals surface area contributed by atoms with Gasteiger partial charge in [0.1, 0.15) is 0 Å². The van der Waals surface area contributed by atoms with E-state index in [0.717, 1.165) is 6.42 Å². The number of piperidine rings is 1. The molecule has 0 amide bonds. The highest BCUT2D eigenvalue weighted by Crippen LogP contribution is 2.49. The van der Waals surface area contributed by atoms with Crippen molar-refractivity contribution >= 4 is 5.97 Å². The zero-order valence-electron chi connectivity index (χ0n) is 11.4. The molecule has 2 aliphatic rings. The predicted molar refractivity (Wildman–Crippen MR) is 67.9 cm³/mol. The Kier molecular flexibility index (Phi) is 3.23. The van der Waals surface area contributed by atoms with Gasteiger partial charge in [0.25, 0.3) is 0 Å². The summed E-state index contributed by atoms with van der Waals surface area (Å²) in [5.41, 5.74) is 0.203. The van der Waals surface area contributed by atoms with E-state index in [4.69, 9.17) is 5.11 Å². The second-order valence-electron chi connectivity index (χ2n) is 6.95. The molecule has 3 nitrogen and oxygen atoms in total. The maximum atomic E-state index is 11.0. The summed E-state index contributed by atoms with van der Waals surface area (Å²) in [6, 6.07) is 1.22. The third kappa shape index (κ3) is 2.35. The summed E-state index contributed by atoms with van der Waals surface area (Å²) >= 11 is 0. The zero-order valence-corrected chi connectivity index (χ0v) is 11.4. The lowest BCUT2D eigenvalue weighted by Crippen LogP contribution is -2.51. The molecule has 4 atom stereocenters. The van der Waals surface area contributed by atoms with Gasteiger partial charge in [-0.25, -0.2) is 0 Å². The molecule has 2 bridgehead atoms. The van der Waals surface area contributed by atoms with Crippen molar-refractivity contribution in [1.82, 2.24) is 4.90 Å². The van der Waals surface area contributed by atoms with Crippen molar-refractivity contribution in [3.63, 3.8) is 0 Å². The van der Waals surface area contributed by atoms with Crippen LogP contribution in [0.5, 0.6) is 0 Å². The summed E-state index contributed by atoms with van der Waals surface area (Å²) < 4.78 is 0. The Hall–Kier alpha value is -0.570. The summed E-state index contributed by atoms with van der Waals surface area (Å²) in [6.07, 6.45) is 3.92. The molecule has 2 saturated heterocycles. The first-order chi connectivity index (χ1) is 7.80. The van der Waals surface area contributed by atoms with Gasteiger partial charge in [-0.05, 0) is 43.6 Å². The minimum Gasteiger partial charge on any atom is -0.481 e. The van der Waals surface area contributed by atoms with Gasteiger partial charge in [0.15, 0.2) is 0 Å². The van der Waals surface area contributed by atoms with E-state index >= 15 is 0 Å². The van der Waals surface area contributed by atoms with E-state index in [0.29, 0.717) is 30.3 Å². The van der Waals surface area contributed by atoms with Gasteiger partial charge in [0, 0.05) is 18.5 Å². The van der Waals surface area contributed by atoms with E-state index < -0.39 is 5.97 Å². The van der Waals surface area contributed by atoms with Crippen LogP contribution in [-0.2, 0) is 4.79 Å². The number of hydrogen-bond donors (Lipinski definition) is 1. The summed E-state index contributed by atoms with van der Waals surface area (Å²) in [7, 11) is 2.22. The fourth-order valence-electron chi connectivity index (χ4n) is 4.29. The highest BCUT2D eigenvalue weighted by atomic mass is 16.4. The van der Waals surface area contributed by atoms with Crippen molar-refractivity contribution in [1.29, 1.82) is 0 Å².